The van der Waals surface area contributed by atoms with Crippen LogP contribution in [0.25, 0.3) is 10.9 Å². The maximum atomic E-state index is 12.3. The number of rotatable bonds is 6. The van der Waals surface area contributed by atoms with Crippen LogP contribution in [0.5, 0.6) is 5.75 Å². The lowest BCUT2D eigenvalue weighted by Gasteiger charge is -2.09. The van der Waals surface area contributed by atoms with Gasteiger partial charge in [0.1, 0.15) is 0 Å². The zero-order chi connectivity index (χ0) is 18.5. The Morgan fingerprint density at radius 1 is 1.31 bits per heavy atom. The van der Waals surface area contributed by atoms with E-state index in [0.29, 0.717) is 16.6 Å². The number of fused-ring (bicyclic) bond motifs is 1. The van der Waals surface area contributed by atoms with Crippen LogP contribution in [0.15, 0.2) is 52.4 Å². The molecule has 1 amide bonds. The average molecular weight is 354 g/mol. The molecule has 3 rings (SSSR count). The maximum absolute atomic E-state index is 12.3. The van der Waals surface area contributed by atoms with Crippen molar-refractivity contribution in [1.82, 2.24) is 19.9 Å². The lowest BCUT2D eigenvalue weighted by Crippen LogP contribution is -2.34. The van der Waals surface area contributed by atoms with Crippen LogP contribution in [0.1, 0.15) is 5.69 Å². The maximum Gasteiger partial charge on any atom is 0.261 e. The van der Waals surface area contributed by atoms with Crippen LogP contribution in [0.4, 0.5) is 0 Å². The van der Waals surface area contributed by atoms with E-state index in [1.807, 2.05) is 6.07 Å². The number of amides is 1. The molecule has 0 aliphatic carbocycles. The van der Waals surface area contributed by atoms with Gasteiger partial charge >= 0.3 is 0 Å². The van der Waals surface area contributed by atoms with Gasteiger partial charge < -0.3 is 15.0 Å². The molecular weight excluding hydrogens is 336 g/mol. The predicted octanol–water partition coefficient (Wildman–Crippen LogP) is 0.588. The summed E-state index contributed by atoms with van der Waals surface area (Å²) in [5.41, 5.74) is 0.894. The molecule has 0 bridgehead atoms. The van der Waals surface area contributed by atoms with Gasteiger partial charge in [-0.3, -0.25) is 19.0 Å². The van der Waals surface area contributed by atoms with Crippen LogP contribution in [-0.2, 0) is 11.3 Å². The minimum Gasteiger partial charge on any atom is -0.478 e. The molecule has 8 heteroatoms. The summed E-state index contributed by atoms with van der Waals surface area (Å²) in [7, 11) is 0. The van der Waals surface area contributed by atoms with E-state index in [9.17, 15) is 14.4 Å². The highest BCUT2D eigenvalue weighted by Crippen LogP contribution is 2.04. The van der Waals surface area contributed by atoms with Gasteiger partial charge in [0.25, 0.3) is 11.5 Å². The van der Waals surface area contributed by atoms with Gasteiger partial charge in [0, 0.05) is 31.0 Å². The van der Waals surface area contributed by atoms with Gasteiger partial charge in [-0.2, -0.15) is 0 Å². The van der Waals surface area contributed by atoms with Crippen molar-refractivity contribution < 1.29 is 9.53 Å². The van der Waals surface area contributed by atoms with Crippen molar-refractivity contribution in [3.8, 4) is 5.75 Å². The first-order valence-electron chi connectivity index (χ1n) is 8.07. The molecule has 0 radical (unpaired) electrons. The SMILES string of the molecule is Cc1cc(=O)c(OCC(=O)NCCn2cnc3ccccc3c2=O)c[nH]1. The fourth-order valence-corrected chi connectivity index (χ4v) is 2.45. The molecule has 8 nitrogen and oxygen atoms in total. The summed E-state index contributed by atoms with van der Waals surface area (Å²) in [5.74, 6) is -0.299. The molecule has 0 saturated carbocycles. The summed E-state index contributed by atoms with van der Waals surface area (Å²) < 4.78 is 6.64. The molecule has 0 aliphatic heterocycles. The van der Waals surface area contributed by atoms with Gasteiger partial charge in [0.2, 0.25) is 5.43 Å². The van der Waals surface area contributed by atoms with E-state index in [-0.39, 0.29) is 42.3 Å². The molecule has 0 aliphatic rings. The second kappa shape index (κ2) is 7.64. The molecule has 3 aromatic rings. The highest BCUT2D eigenvalue weighted by molar-refractivity contribution is 5.77. The molecule has 2 N–H and O–H groups in total. The molecule has 2 heterocycles. The van der Waals surface area contributed by atoms with Crippen molar-refractivity contribution in [2.75, 3.05) is 13.2 Å². The number of carbonyl (C=O) groups is 1. The van der Waals surface area contributed by atoms with E-state index >= 15 is 0 Å². The molecule has 0 fully saturated rings. The van der Waals surface area contributed by atoms with E-state index in [4.69, 9.17) is 4.74 Å². The normalized spacial score (nSPS) is 10.7. The number of para-hydroxylation sites is 1. The fourth-order valence-electron chi connectivity index (χ4n) is 2.45. The molecule has 2 aromatic heterocycles. The number of carbonyl (C=O) groups excluding carboxylic acids is 1. The predicted molar refractivity (Wildman–Crippen MR) is 96.3 cm³/mol. The van der Waals surface area contributed by atoms with Crippen LogP contribution in [-0.4, -0.2) is 33.6 Å². The summed E-state index contributed by atoms with van der Waals surface area (Å²) in [4.78, 5) is 42.9. The van der Waals surface area contributed by atoms with E-state index in [1.54, 1.807) is 25.1 Å². The minimum atomic E-state index is -0.383. The number of aromatic nitrogens is 3. The van der Waals surface area contributed by atoms with Gasteiger partial charge in [0.05, 0.1) is 17.2 Å². The van der Waals surface area contributed by atoms with Gasteiger partial charge in [-0.1, -0.05) is 12.1 Å². The Labute approximate surface area is 148 Å². The van der Waals surface area contributed by atoms with Crippen molar-refractivity contribution in [2.24, 2.45) is 0 Å². The van der Waals surface area contributed by atoms with Crippen LogP contribution < -0.4 is 21.0 Å². The summed E-state index contributed by atoms with van der Waals surface area (Å²) in [6, 6.07) is 8.48. The van der Waals surface area contributed by atoms with Crippen LogP contribution in [0, 0.1) is 6.92 Å². The van der Waals surface area contributed by atoms with E-state index in [2.05, 4.69) is 15.3 Å². The minimum absolute atomic E-state index is 0.0840. The summed E-state index contributed by atoms with van der Waals surface area (Å²) in [6.45, 7) is 2.00. The monoisotopic (exact) mass is 354 g/mol. The molecule has 26 heavy (non-hydrogen) atoms. The third kappa shape index (κ3) is 3.97. The Balaban J connectivity index is 1.53. The Morgan fingerprint density at radius 2 is 2.12 bits per heavy atom. The lowest BCUT2D eigenvalue weighted by atomic mass is 10.2. The smallest absolute Gasteiger partial charge is 0.261 e. The van der Waals surface area contributed by atoms with Gasteiger partial charge in [-0.15, -0.1) is 0 Å². The number of aryl methyl sites for hydroxylation is 1. The molecule has 1 aromatic carbocycles. The quantitative estimate of drug-likeness (QED) is 0.674. The highest BCUT2D eigenvalue weighted by Gasteiger charge is 2.07. The zero-order valence-corrected chi connectivity index (χ0v) is 14.2. The second-order valence-electron chi connectivity index (χ2n) is 5.74. The number of benzene rings is 1. The van der Waals surface area contributed by atoms with Crippen molar-refractivity contribution >= 4 is 16.8 Å². The number of pyridine rings is 1. The van der Waals surface area contributed by atoms with Gasteiger partial charge in [-0.05, 0) is 19.1 Å². The lowest BCUT2D eigenvalue weighted by molar-refractivity contribution is -0.123. The molecule has 0 unspecified atom stereocenters. The Morgan fingerprint density at radius 3 is 2.92 bits per heavy atom. The van der Waals surface area contributed by atoms with Crippen molar-refractivity contribution in [1.29, 1.82) is 0 Å². The van der Waals surface area contributed by atoms with E-state index in [0.717, 1.165) is 0 Å². The topological polar surface area (TPSA) is 106 Å². The first-order valence-corrected chi connectivity index (χ1v) is 8.07. The number of hydrogen-bond acceptors (Lipinski definition) is 5. The Bertz CT molecular complexity index is 1050. The second-order valence-corrected chi connectivity index (χ2v) is 5.74. The van der Waals surface area contributed by atoms with E-state index < -0.39 is 0 Å². The number of aromatic amines is 1. The fraction of sp³-hybridized carbons (Fsp3) is 0.222. The average Bonchev–Trinajstić information content (AvgIpc) is 2.63. The van der Waals surface area contributed by atoms with E-state index in [1.165, 1.54) is 23.2 Å². The van der Waals surface area contributed by atoms with Crippen LogP contribution in [0.2, 0.25) is 0 Å². The molecule has 0 spiro atoms. The van der Waals surface area contributed by atoms with Crippen molar-refractivity contribution in [3.05, 3.63) is 69.1 Å². The number of H-pyrrole nitrogens is 1. The first kappa shape index (κ1) is 17.4. The van der Waals surface area contributed by atoms with Crippen LogP contribution >= 0.6 is 0 Å². The van der Waals surface area contributed by atoms with Crippen molar-refractivity contribution in [2.45, 2.75) is 13.5 Å². The molecule has 134 valence electrons. The number of nitrogens with one attached hydrogen (secondary N) is 2. The first-order chi connectivity index (χ1) is 12.5. The third-order valence-electron chi connectivity index (χ3n) is 3.79. The Kier molecular flexibility index (Phi) is 5.12. The summed E-state index contributed by atoms with van der Waals surface area (Å²) in [6.07, 6.45) is 2.88. The third-order valence-corrected chi connectivity index (χ3v) is 3.79. The van der Waals surface area contributed by atoms with Crippen molar-refractivity contribution in [3.63, 3.8) is 0 Å². The highest BCUT2D eigenvalue weighted by atomic mass is 16.5. The number of ether oxygens (including phenoxy) is 1. The standard InChI is InChI=1S/C18H18N4O4/c1-12-8-15(23)16(9-20-12)26-10-17(24)19-6-7-22-11-21-14-5-3-2-4-13(14)18(22)25/h2-5,8-9,11H,6-7,10H2,1H3,(H,19,24)(H,20,23). The summed E-state index contributed by atoms with van der Waals surface area (Å²) >= 11 is 0. The number of hydrogen-bond donors (Lipinski definition) is 2. The molecular formula is C18H18N4O4. The zero-order valence-electron chi connectivity index (χ0n) is 14.2. The largest absolute Gasteiger partial charge is 0.478 e. The summed E-state index contributed by atoms with van der Waals surface area (Å²) in [5, 5.41) is 3.17. The Hall–Kier alpha value is -3.42. The van der Waals surface area contributed by atoms with Gasteiger partial charge in [-0.25, -0.2) is 4.98 Å². The molecule has 0 atom stereocenters. The van der Waals surface area contributed by atoms with Crippen LogP contribution in [0.3, 0.4) is 0 Å². The number of nitrogens with zero attached hydrogens (tertiary/aromatic N) is 2. The molecule has 0 saturated heterocycles. The van der Waals surface area contributed by atoms with Gasteiger partial charge in [0.15, 0.2) is 12.4 Å².